The van der Waals surface area contributed by atoms with E-state index in [0.717, 1.165) is 11.1 Å². The zero-order chi connectivity index (χ0) is 16.2. The minimum Gasteiger partial charge on any atom is -0.495 e. The summed E-state index contributed by atoms with van der Waals surface area (Å²) < 4.78 is 5.27. The number of H-pyrrole nitrogens is 1. The molecule has 118 valence electrons. The Hall–Kier alpha value is -2.30. The van der Waals surface area contributed by atoms with Gasteiger partial charge in [0.25, 0.3) is 0 Å². The number of benzene rings is 2. The highest BCUT2D eigenvalue weighted by Gasteiger charge is 2.08. The predicted molar refractivity (Wildman–Crippen MR) is 93.1 cm³/mol. The van der Waals surface area contributed by atoms with E-state index >= 15 is 0 Å². The molecule has 0 spiro atoms. The molecular weight excluding hydrogens is 312 g/mol. The molecule has 0 radical (unpaired) electrons. The van der Waals surface area contributed by atoms with Gasteiger partial charge in [-0.3, -0.25) is 4.79 Å². The quantitative estimate of drug-likeness (QED) is 0.754. The maximum Gasteiger partial charge on any atom is 0.193 e. The average molecular weight is 329 g/mol. The Morgan fingerprint density at radius 3 is 2.65 bits per heavy atom. The Morgan fingerprint density at radius 2 is 1.91 bits per heavy atom. The Kier molecular flexibility index (Phi) is 4.65. The number of aromatic amines is 1. The van der Waals surface area contributed by atoms with Gasteiger partial charge in [0.05, 0.1) is 12.6 Å². The van der Waals surface area contributed by atoms with Gasteiger partial charge in [-0.05, 0) is 29.8 Å². The third kappa shape index (κ3) is 3.38. The molecule has 1 heterocycles. The number of halogens is 1. The SMILES string of the molecule is COc1cccc2c(=O)c(CNCc3ccc(Cl)cc3)c[nH]c12. The van der Waals surface area contributed by atoms with Gasteiger partial charge in [0.2, 0.25) is 0 Å². The number of hydrogen-bond acceptors (Lipinski definition) is 3. The molecule has 0 atom stereocenters. The van der Waals surface area contributed by atoms with Crippen LogP contribution in [0.15, 0.2) is 53.5 Å². The molecule has 0 saturated heterocycles. The Morgan fingerprint density at radius 1 is 1.13 bits per heavy atom. The van der Waals surface area contributed by atoms with Crippen LogP contribution in [-0.4, -0.2) is 12.1 Å². The number of pyridine rings is 1. The maximum absolute atomic E-state index is 12.6. The van der Waals surface area contributed by atoms with Crippen LogP contribution < -0.4 is 15.5 Å². The van der Waals surface area contributed by atoms with E-state index < -0.39 is 0 Å². The van der Waals surface area contributed by atoms with Crippen molar-refractivity contribution >= 4 is 22.5 Å². The molecule has 0 amide bonds. The van der Waals surface area contributed by atoms with Crippen molar-refractivity contribution < 1.29 is 4.74 Å². The highest BCUT2D eigenvalue weighted by molar-refractivity contribution is 6.30. The molecule has 3 aromatic rings. The van der Waals surface area contributed by atoms with Crippen molar-refractivity contribution in [2.75, 3.05) is 7.11 Å². The summed E-state index contributed by atoms with van der Waals surface area (Å²) in [6.07, 6.45) is 1.74. The number of fused-ring (bicyclic) bond motifs is 1. The lowest BCUT2D eigenvalue weighted by molar-refractivity contribution is 0.419. The second-order valence-electron chi connectivity index (χ2n) is 5.26. The van der Waals surface area contributed by atoms with Gasteiger partial charge in [-0.2, -0.15) is 0 Å². The van der Waals surface area contributed by atoms with Gasteiger partial charge in [-0.25, -0.2) is 0 Å². The predicted octanol–water partition coefficient (Wildman–Crippen LogP) is 3.48. The van der Waals surface area contributed by atoms with Gasteiger partial charge in [-0.1, -0.05) is 29.8 Å². The van der Waals surface area contributed by atoms with E-state index in [-0.39, 0.29) is 5.43 Å². The zero-order valence-electron chi connectivity index (χ0n) is 12.7. The van der Waals surface area contributed by atoms with E-state index in [1.54, 1.807) is 19.4 Å². The van der Waals surface area contributed by atoms with Crippen LogP contribution in [0.2, 0.25) is 5.02 Å². The monoisotopic (exact) mass is 328 g/mol. The van der Waals surface area contributed by atoms with Gasteiger partial charge in [0.15, 0.2) is 5.43 Å². The van der Waals surface area contributed by atoms with Crippen LogP contribution in [0.5, 0.6) is 5.75 Å². The van der Waals surface area contributed by atoms with Gasteiger partial charge in [0.1, 0.15) is 5.75 Å². The summed E-state index contributed by atoms with van der Waals surface area (Å²) in [6, 6.07) is 13.1. The number of nitrogens with one attached hydrogen (secondary N) is 2. The topological polar surface area (TPSA) is 54.1 Å². The number of methoxy groups -OCH3 is 1. The summed E-state index contributed by atoms with van der Waals surface area (Å²) in [6.45, 7) is 1.16. The van der Waals surface area contributed by atoms with Crippen molar-refractivity contribution in [1.29, 1.82) is 0 Å². The molecule has 1 aromatic heterocycles. The molecule has 0 aliphatic carbocycles. The average Bonchev–Trinajstić information content (AvgIpc) is 2.58. The lowest BCUT2D eigenvalue weighted by atomic mass is 10.1. The van der Waals surface area contributed by atoms with Crippen LogP contribution in [0.1, 0.15) is 11.1 Å². The van der Waals surface area contributed by atoms with Gasteiger partial charge in [-0.15, -0.1) is 0 Å². The second-order valence-corrected chi connectivity index (χ2v) is 5.69. The molecule has 2 aromatic carbocycles. The summed E-state index contributed by atoms with van der Waals surface area (Å²) in [7, 11) is 1.59. The molecule has 0 aliphatic rings. The molecule has 0 bridgehead atoms. The number of para-hydroxylation sites is 1. The van der Waals surface area contributed by atoms with Crippen LogP contribution >= 0.6 is 11.6 Å². The number of aromatic nitrogens is 1. The molecular formula is C18H17ClN2O2. The largest absolute Gasteiger partial charge is 0.495 e. The first kappa shape index (κ1) is 15.6. The fraction of sp³-hybridized carbons (Fsp3) is 0.167. The number of hydrogen-bond donors (Lipinski definition) is 2. The van der Waals surface area contributed by atoms with Crippen molar-refractivity contribution in [1.82, 2.24) is 10.3 Å². The van der Waals surface area contributed by atoms with E-state index in [9.17, 15) is 4.79 Å². The third-order valence-corrected chi connectivity index (χ3v) is 3.98. The smallest absolute Gasteiger partial charge is 0.193 e. The van der Waals surface area contributed by atoms with Crippen LogP contribution in [0.4, 0.5) is 0 Å². The van der Waals surface area contributed by atoms with Crippen molar-refractivity contribution in [2.24, 2.45) is 0 Å². The summed E-state index contributed by atoms with van der Waals surface area (Å²) >= 11 is 5.87. The molecule has 4 nitrogen and oxygen atoms in total. The lowest BCUT2D eigenvalue weighted by Gasteiger charge is -2.08. The van der Waals surface area contributed by atoms with Crippen LogP contribution in [0, 0.1) is 0 Å². The van der Waals surface area contributed by atoms with E-state index in [1.807, 2.05) is 36.4 Å². The molecule has 3 rings (SSSR count). The number of rotatable bonds is 5. The molecule has 5 heteroatoms. The Bertz CT molecular complexity index is 872. The fourth-order valence-electron chi connectivity index (χ4n) is 2.51. The van der Waals surface area contributed by atoms with Crippen LogP contribution in [0.25, 0.3) is 10.9 Å². The van der Waals surface area contributed by atoms with Gasteiger partial charge < -0.3 is 15.0 Å². The third-order valence-electron chi connectivity index (χ3n) is 3.73. The lowest BCUT2D eigenvalue weighted by Crippen LogP contribution is -2.19. The minimum absolute atomic E-state index is 0.0151. The summed E-state index contributed by atoms with van der Waals surface area (Å²) in [5.41, 5.74) is 2.55. The second kappa shape index (κ2) is 6.86. The normalized spacial score (nSPS) is 10.9. The van der Waals surface area contributed by atoms with Crippen LogP contribution in [-0.2, 0) is 13.1 Å². The van der Waals surface area contributed by atoms with E-state index in [2.05, 4.69) is 10.3 Å². The minimum atomic E-state index is 0.0151. The van der Waals surface area contributed by atoms with E-state index in [0.29, 0.717) is 34.8 Å². The first-order valence-electron chi connectivity index (χ1n) is 7.31. The molecule has 2 N–H and O–H groups in total. The molecule has 23 heavy (non-hydrogen) atoms. The first-order chi connectivity index (χ1) is 11.2. The van der Waals surface area contributed by atoms with E-state index in [1.165, 1.54) is 0 Å². The van der Waals surface area contributed by atoms with Crippen molar-refractivity contribution in [3.63, 3.8) is 0 Å². The van der Waals surface area contributed by atoms with Crippen molar-refractivity contribution in [3.8, 4) is 5.75 Å². The van der Waals surface area contributed by atoms with Crippen molar-refractivity contribution in [2.45, 2.75) is 13.1 Å². The molecule has 0 aliphatic heterocycles. The highest BCUT2D eigenvalue weighted by Crippen LogP contribution is 2.20. The van der Waals surface area contributed by atoms with Gasteiger partial charge in [0, 0.05) is 35.3 Å². The Labute approximate surface area is 139 Å². The first-order valence-corrected chi connectivity index (χ1v) is 7.69. The van der Waals surface area contributed by atoms with Crippen molar-refractivity contribution in [3.05, 3.63) is 75.0 Å². The Balaban J connectivity index is 1.77. The molecule has 0 fully saturated rings. The van der Waals surface area contributed by atoms with Crippen LogP contribution in [0.3, 0.4) is 0 Å². The highest BCUT2D eigenvalue weighted by atomic mass is 35.5. The maximum atomic E-state index is 12.6. The summed E-state index contributed by atoms with van der Waals surface area (Å²) in [5.74, 6) is 0.667. The standard InChI is InChI=1S/C18H17ClN2O2/c1-23-16-4-2-3-15-17(16)21-11-13(18(15)22)10-20-9-12-5-7-14(19)8-6-12/h2-8,11,20H,9-10H2,1H3,(H,21,22). The fourth-order valence-corrected chi connectivity index (χ4v) is 2.64. The molecule has 0 saturated carbocycles. The summed E-state index contributed by atoms with van der Waals surface area (Å²) in [4.78, 5) is 15.7. The molecule has 0 unspecified atom stereocenters. The zero-order valence-corrected chi connectivity index (χ0v) is 13.5. The van der Waals surface area contributed by atoms with E-state index in [4.69, 9.17) is 16.3 Å². The van der Waals surface area contributed by atoms with Gasteiger partial charge >= 0.3 is 0 Å². The summed E-state index contributed by atoms with van der Waals surface area (Å²) in [5, 5.41) is 4.63. The number of ether oxygens (including phenoxy) is 1.